The minimum Gasteiger partial charge on any atom is -0.459 e. The summed E-state index contributed by atoms with van der Waals surface area (Å²) in [6.07, 6.45) is -8.74. The maximum absolute atomic E-state index is 14.3. The van der Waals surface area contributed by atoms with Crippen molar-refractivity contribution in [1.82, 2.24) is 14.5 Å². The minimum atomic E-state index is -1.97. The van der Waals surface area contributed by atoms with Crippen molar-refractivity contribution in [2.75, 3.05) is 48.3 Å². The number of oxime groups is 1. The lowest BCUT2D eigenvalue weighted by Crippen LogP contribution is -2.61. The number of methoxy groups -OCH3 is 2. The highest BCUT2D eigenvalue weighted by molar-refractivity contribution is 6.30. The molecule has 0 saturated carbocycles. The summed E-state index contributed by atoms with van der Waals surface area (Å²) in [5.74, 6) is -4.14. The Morgan fingerprint density at radius 3 is 2.12 bits per heavy atom. The average molecular weight is 1310 g/mol. The number of cyclic esters (lactones) is 1. The van der Waals surface area contributed by atoms with Crippen LogP contribution in [0.1, 0.15) is 120 Å². The molecule has 0 bridgehead atoms. The van der Waals surface area contributed by atoms with Gasteiger partial charge in [-0.2, -0.15) is 0 Å². The first-order chi connectivity index (χ1) is 42.9. The van der Waals surface area contributed by atoms with E-state index >= 15 is 0 Å². The molecule has 0 aromatic heterocycles. The van der Waals surface area contributed by atoms with Gasteiger partial charge in [0.2, 0.25) is 6.79 Å². The van der Waals surface area contributed by atoms with Crippen LogP contribution in [-0.2, 0) is 53.9 Å². The molecule has 4 aliphatic heterocycles. The first kappa shape index (κ1) is 73.7. The highest BCUT2D eigenvalue weighted by Crippen LogP contribution is 2.42. The Kier molecular flexibility index (Phi) is 26.0. The average Bonchev–Trinajstić information content (AvgIpc) is 1.03. The van der Waals surface area contributed by atoms with E-state index in [1.165, 1.54) is 19.6 Å². The topological polar surface area (TPSA) is 247 Å². The molecule has 91 heavy (non-hydrogen) atoms. The van der Waals surface area contributed by atoms with Gasteiger partial charge in [-0.05, 0) is 167 Å². The predicted octanol–water partition coefficient (Wildman–Crippen LogP) is 9.55. The Morgan fingerprint density at radius 1 is 0.835 bits per heavy atom. The lowest BCUT2D eigenvalue weighted by Gasteiger charge is -2.49. The first-order valence-electron chi connectivity index (χ1n) is 31.7. The second-order valence-corrected chi connectivity index (χ2v) is 27.0. The maximum atomic E-state index is 14.3. The van der Waals surface area contributed by atoms with Crippen LogP contribution in [0.15, 0.2) is 95.1 Å². The summed E-state index contributed by atoms with van der Waals surface area (Å²) in [6, 6.07) is 28.3. The van der Waals surface area contributed by atoms with Crippen LogP contribution in [-0.4, -0.2) is 190 Å². The number of benzene rings is 4. The first-order valence-corrected chi connectivity index (χ1v) is 32.5. The third-order valence-electron chi connectivity index (χ3n) is 18.2. The molecule has 18 atom stereocenters. The fourth-order valence-electron chi connectivity index (χ4n) is 13.0. The second kappa shape index (κ2) is 32.1. The van der Waals surface area contributed by atoms with Crippen molar-refractivity contribution in [2.45, 2.75) is 205 Å². The van der Waals surface area contributed by atoms with E-state index in [9.17, 15) is 30.3 Å². The molecular formula is C69H99Cl2N5O15. The standard InChI is InChI=1S/C41H76N2O15.C28H23Cl2N3/c1-15-29-41(10,49)34(45)24(4)31(42-53-21-52-17-16-50-13)22(2)19-39(8,48)36(58-38-32(44)28(43(11)12)18-23(3)54-38)25(5)33(26(6)37(47)56-29)57-30-20-40(9,51-14)35(46)27(7)55-30;1-18(2)31-25-17-28-26(16-20(25)15-19-7-9-21(29)10-8-19)32-24-5-3-4-6-27(24)33(28)23-13-11-22(30)12-14-23/h22-30,32-36,38,44-46,48-49H,15-21H2,1-14H3;3-14,16-18H,15H2,1-2H3/b42-31+;/t22-,23?,24+,25+,26-,27?,28?,29-,30?,32?,33+,34-,35?,36-,38?,39-,40?,41-;/m1./s1. The van der Waals surface area contributed by atoms with E-state index < -0.39 is 102 Å². The van der Waals surface area contributed by atoms with Crippen LogP contribution in [0.4, 0.5) is 0 Å². The van der Waals surface area contributed by atoms with Gasteiger partial charge in [0.05, 0.1) is 94.3 Å². The smallest absolute Gasteiger partial charge is 0.311 e. The third kappa shape index (κ3) is 18.0. The number of hydrogen-bond donors (Lipinski definition) is 5. The van der Waals surface area contributed by atoms with Gasteiger partial charge in [-0.15, -0.1) is 0 Å². The zero-order valence-corrected chi connectivity index (χ0v) is 57.3. The number of aliphatic hydroxyl groups is 5. The number of ether oxygens (including phenoxy) is 8. The maximum Gasteiger partial charge on any atom is 0.311 e. The van der Waals surface area contributed by atoms with Crippen LogP contribution in [0, 0.1) is 23.7 Å². The number of carbonyl (C=O) groups is 1. The number of likely N-dealkylation sites (N-methyl/N-ethyl adjacent to an activating group) is 1. The minimum absolute atomic E-state index is 0.0307. The van der Waals surface area contributed by atoms with E-state index in [-0.39, 0.29) is 50.8 Å². The molecule has 504 valence electrons. The van der Waals surface area contributed by atoms with Crippen molar-refractivity contribution in [2.24, 2.45) is 33.8 Å². The Hall–Kier alpha value is -4.72. The molecule has 20 nitrogen and oxygen atoms in total. The van der Waals surface area contributed by atoms with E-state index in [0.29, 0.717) is 23.8 Å². The molecule has 3 fully saturated rings. The van der Waals surface area contributed by atoms with Gasteiger partial charge in [-0.1, -0.05) is 80.3 Å². The summed E-state index contributed by atoms with van der Waals surface area (Å²) in [6.45, 7) is 21.5. The van der Waals surface area contributed by atoms with Crippen molar-refractivity contribution in [1.29, 1.82) is 0 Å². The number of aromatic nitrogens is 2. The number of aliphatic hydroxyl groups excluding tert-OH is 3. The Labute approximate surface area is 547 Å². The van der Waals surface area contributed by atoms with E-state index in [1.54, 1.807) is 55.6 Å². The van der Waals surface area contributed by atoms with Crippen molar-refractivity contribution < 1.29 is 73.1 Å². The predicted molar refractivity (Wildman–Crippen MR) is 350 cm³/mol. The molecule has 3 aromatic rings. The van der Waals surface area contributed by atoms with Crippen LogP contribution in [0.25, 0.3) is 28.1 Å². The van der Waals surface area contributed by atoms with Gasteiger partial charge in [0, 0.05) is 66.2 Å². The summed E-state index contributed by atoms with van der Waals surface area (Å²) >= 11 is 12.3. The zero-order chi connectivity index (χ0) is 66.9. The highest BCUT2D eigenvalue weighted by Gasteiger charge is 2.53. The van der Waals surface area contributed by atoms with Crippen LogP contribution in [0.5, 0.6) is 0 Å². The largest absolute Gasteiger partial charge is 0.459 e. The van der Waals surface area contributed by atoms with E-state index in [4.69, 9.17) is 75.9 Å². The zero-order valence-electron chi connectivity index (χ0n) is 55.8. The van der Waals surface area contributed by atoms with Crippen molar-refractivity contribution in [3.63, 3.8) is 0 Å². The molecule has 8 unspecified atom stereocenters. The van der Waals surface area contributed by atoms with Crippen LogP contribution in [0.2, 0.25) is 10.0 Å². The number of halogens is 2. The van der Waals surface area contributed by atoms with Crippen molar-refractivity contribution in [3.05, 3.63) is 111 Å². The lowest BCUT2D eigenvalue weighted by atomic mass is 9.73. The highest BCUT2D eigenvalue weighted by atomic mass is 35.5. The molecule has 3 aromatic carbocycles. The van der Waals surface area contributed by atoms with Gasteiger partial charge in [0.25, 0.3) is 0 Å². The van der Waals surface area contributed by atoms with Gasteiger partial charge >= 0.3 is 5.97 Å². The fraction of sp³-hybridized carbons (Fsp3) is 0.623. The Morgan fingerprint density at radius 2 is 1.49 bits per heavy atom. The molecule has 22 heteroatoms. The van der Waals surface area contributed by atoms with Crippen LogP contribution in [0.3, 0.4) is 0 Å². The normalized spacial score (nSPS) is 33.6. The number of nitrogens with zero attached hydrogens (tertiary/aromatic N) is 5. The number of hydrogen-bond acceptors (Lipinski definition) is 19. The Balaban J connectivity index is 0.000000298. The number of para-hydroxylation sites is 2. The fourth-order valence-corrected chi connectivity index (χ4v) is 13.3. The molecule has 0 spiro atoms. The van der Waals surface area contributed by atoms with Gasteiger partial charge in [-0.25, -0.2) is 4.98 Å². The lowest BCUT2D eigenvalue weighted by molar-refractivity contribution is -0.317. The molecule has 0 radical (unpaired) electrons. The molecule has 5 aliphatic rings. The summed E-state index contributed by atoms with van der Waals surface area (Å²) in [5.41, 5.74) is 2.77. The SMILES string of the molecule is CC(C)N=c1cc2n(-c3ccc(Cl)cc3)c3ccccc3nc-2cc1Cc1ccc(Cl)cc1.CC[C@H]1OC(=O)[C@H](C)[C@@H](OC2CC(C)(OC)C(O)C(C)O2)[C@H](C)[C@@H](OC2OC(C)CC(N(C)C)C2O)[C@](C)(O)C[C@@H](C)/C(=N\OCOCCOC)[C@H](C)[C@@H](O)[C@]1(C)O. The van der Waals surface area contributed by atoms with Gasteiger partial charge < -0.3 is 77.7 Å². The monoisotopic (exact) mass is 1310 g/mol. The molecule has 1 aliphatic carbocycles. The molecular weight excluding hydrogens is 1210 g/mol. The number of carbonyl (C=O) groups excluding carboxylic acids is 1. The number of fused-ring (bicyclic) bond motifs is 2. The second-order valence-electron chi connectivity index (χ2n) is 26.1. The van der Waals surface area contributed by atoms with Crippen molar-refractivity contribution >= 4 is 45.9 Å². The molecule has 5 N–H and O–H groups in total. The number of rotatable bonds is 17. The Bertz CT molecular complexity index is 3200. The molecule has 4 heterocycles. The quantitative estimate of drug-likeness (QED) is 0.0191. The summed E-state index contributed by atoms with van der Waals surface area (Å²) in [5, 5.41) is 66.0. The van der Waals surface area contributed by atoms with Crippen LogP contribution < -0.4 is 5.36 Å². The van der Waals surface area contributed by atoms with E-state index in [0.717, 1.165) is 50.5 Å². The van der Waals surface area contributed by atoms with Gasteiger partial charge in [0.1, 0.15) is 23.9 Å². The molecule has 8 rings (SSSR count). The summed E-state index contributed by atoms with van der Waals surface area (Å²) in [7, 11) is 6.76. The van der Waals surface area contributed by atoms with Gasteiger partial charge in [0.15, 0.2) is 12.6 Å². The van der Waals surface area contributed by atoms with E-state index in [1.807, 2.05) is 87.4 Å². The van der Waals surface area contributed by atoms with E-state index in [2.05, 4.69) is 53.9 Å². The third-order valence-corrected chi connectivity index (χ3v) is 18.7. The molecule has 0 amide bonds. The number of esters is 1. The summed E-state index contributed by atoms with van der Waals surface area (Å²) in [4.78, 5) is 31.8. The molecule has 3 saturated heterocycles. The summed E-state index contributed by atoms with van der Waals surface area (Å²) < 4.78 is 50.4. The van der Waals surface area contributed by atoms with Crippen molar-refractivity contribution in [3.8, 4) is 17.1 Å². The van der Waals surface area contributed by atoms with Crippen LogP contribution >= 0.6 is 23.2 Å². The van der Waals surface area contributed by atoms with Gasteiger partial charge in [-0.3, -0.25) is 9.79 Å².